The molecule has 33 heavy (non-hydrogen) atoms. The topological polar surface area (TPSA) is 89.3 Å². The van der Waals surface area contributed by atoms with Crippen LogP contribution in [0.2, 0.25) is 0 Å². The van der Waals surface area contributed by atoms with E-state index in [0.717, 1.165) is 11.5 Å². The molecule has 2 aromatic carbocycles. The zero-order valence-electron chi connectivity index (χ0n) is 18.6. The van der Waals surface area contributed by atoms with Crippen LogP contribution in [-0.4, -0.2) is 68.1 Å². The van der Waals surface area contributed by atoms with E-state index in [9.17, 15) is 4.79 Å². The lowest BCUT2D eigenvalue weighted by molar-refractivity contribution is -0.138. The van der Waals surface area contributed by atoms with E-state index in [0.29, 0.717) is 43.1 Å². The molecule has 3 heterocycles. The Morgan fingerprint density at radius 3 is 2.42 bits per heavy atom. The van der Waals surface area contributed by atoms with Crippen LogP contribution in [0.15, 0.2) is 60.9 Å². The highest BCUT2D eigenvalue weighted by Gasteiger charge is 2.28. The highest BCUT2D eigenvalue weighted by atomic mass is 16.5. The summed E-state index contributed by atoms with van der Waals surface area (Å²) in [6.45, 7) is 6.29. The second kappa shape index (κ2) is 8.85. The number of nitrogens with zero attached hydrogens (tertiary/aromatic N) is 7. The summed E-state index contributed by atoms with van der Waals surface area (Å²) in [6.07, 6.45) is 0.998. The third kappa shape index (κ3) is 4.21. The average Bonchev–Trinajstić information content (AvgIpc) is 3.29. The Bertz CT molecular complexity index is 1250. The summed E-state index contributed by atoms with van der Waals surface area (Å²) in [5.41, 5.74) is 3.39. The average molecular weight is 444 g/mol. The minimum atomic E-state index is -0.542. The smallest absolute Gasteiger partial charge is 0.263 e. The second-order valence-electron chi connectivity index (χ2n) is 8.09. The lowest BCUT2D eigenvalue weighted by Gasteiger charge is -2.36. The van der Waals surface area contributed by atoms with Gasteiger partial charge < -0.3 is 14.5 Å². The number of anilines is 1. The number of para-hydroxylation sites is 1. The molecular weight excluding hydrogens is 418 g/mol. The van der Waals surface area contributed by atoms with Crippen molar-refractivity contribution in [3.63, 3.8) is 0 Å². The van der Waals surface area contributed by atoms with E-state index < -0.39 is 6.10 Å². The molecule has 4 aromatic rings. The standard InChI is InChI=1S/C24H25N7O2/c1-17-8-10-19(11-9-17)31-23-21(27-28-31)22(25-16-26-23)29-12-14-30(15-13-29)24(32)18(2)33-20-6-4-3-5-7-20/h3-11,16,18H,12-15H2,1-2H3/t18-/m0/s1. The first-order chi connectivity index (χ1) is 16.1. The van der Waals surface area contributed by atoms with Crippen molar-refractivity contribution >= 4 is 22.9 Å². The molecule has 0 unspecified atom stereocenters. The summed E-state index contributed by atoms with van der Waals surface area (Å²) >= 11 is 0. The first kappa shape index (κ1) is 20.9. The molecule has 1 atom stereocenters. The number of benzene rings is 2. The Morgan fingerprint density at radius 2 is 1.70 bits per heavy atom. The van der Waals surface area contributed by atoms with Gasteiger partial charge in [-0.2, -0.15) is 4.68 Å². The van der Waals surface area contributed by atoms with Gasteiger partial charge in [0.25, 0.3) is 5.91 Å². The van der Waals surface area contributed by atoms with Crippen LogP contribution in [-0.2, 0) is 4.79 Å². The van der Waals surface area contributed by atoms with E-state index in [4.69, 9.17) is 4.74 Å². The molecule has 0 N–H and O–H groups in total. The normalized spacial score (nSPS) is 15.0. The van der Waals surface area contributed by atoms with Gasteiger partial charge in [-0.25, -0.2) is 9.97 Å². The molecule has 168 valence electrons. The number of carbonyl (C=O) groups excluding carboxylic acids is 1. The highest BCUT2D eigenvalue weighted by molar-refractivity contribution is 5.84. The first-order valence-corrected chi connectivity index (χ1v) is 11.0. The summed E-state index contributed by atoms with van der Waals surface area (Å²) in [4.78, 5) is 25.7. The SMILES string of the molecule is Cc1ccc(-n2nnc3c(N4CCN(C(=O)[C@H](C)Oc5ccccc5)CC4)ncnc32)cc1. The number of rotatable bonds is 5. The lowest BCUT2D eigenvalue weighted by Crippen LogP contribution is -2.52. The fourth-order valence-electron chi connectivity index (χ4n) is 3.98. The van der Waals surface area contributed by atoms with Crippen LogP contribution >= 0.6 is 0 Å². The Morgan fingerprint density at radius 1 is 0.970 bits per heavy atom. The van der Waals surface area contributed by atoms with Gasteiger partial charge in [0.15, 0.2) is 23.1 Å². The van der Waals surface area contributed by atoms with Crippen LogP contribution < -0.4 is 9.64 Å². The van der Waals surface area contributed by atoms with Crippen LogP contribution in [0, 0.1) is 6.92 Å². The van der Waals surface area contributed by atoms with Crippen molar-refractivity contribution in [2.75, 3.05) is 31.1 Å². The van der Waals surface area contributed by atoms with E-state index in [2.05, 4.69) is 25.2 Å². The number of carbonyl (C=O) groups is 1. The van der Waals surface area contributed by atoms with Crippen LogP contribution in [0.5, 0.6) is 5.75 Å². The number of aromatic nitrogens is 5. The van der Waals surface area contributed by atoms with Gasteiger partial charge >= 0.3 is 0 Å². The van der Waals surface area contributed by atoms with Crippen LogP contribution in [0.3, 0.4) is 0 Å². The quantitative estimate of drug-likeness (QED) is 0.468. The van der Waals surface area contributed by atoms with Crippen LogP contribution in [0.4, 0.5) is 5.82 Å². The Kier molecular flexibility index (Phi) is 5.60. The van der Waals surface area contributed by atoms with E-state index in [1.54, 1.807) is 17.9 Å². The van der Waals surface area contributed by atoms with Gasteiger partial charge in [0.1, 0.15) is 12.1 Å². The molecule has 9 heteroatoms. The Hall–Kier alpha value is -4.01. The summed E-state index contributed by atoms with van der Waals surface area (Å²) in [5, 5.41) is 8.68. The van der Waals surface area contributed by atoms with Crippen molar-refractivity contribution < 1.29 is 9.53 Å². The van der Waals surface area contributed by atoms with Crippen molar-refractivity contribution in [2.45, 2.75) is 20.0 Å². The molecular formula is C24H25N7O2. The van der Waals surface area contributed by atoms with Gasteiger partial charge in [-0.15, -0.1) is 5.10 Å². The van der Waals surface area contributed by atoms with Crippen molar-refractivity contribution in [1.29, 1.82) is 0 Å². The summed E-state index contributed by atoms with van der Waals surface area (Å²) in [7, 11) is 0. The highest BCUT2D eigenvalue weighted by Crippen LogP contribution is 2.24. The maximum Gasteiger partial charge on any atom is 0.263 e. The molecule has 0 saturated carbocycles. The lowest BCUT2D eigenvalue weighted by atomic mass is 10.2. The molecule has 2 aromatic heterocycles. The molecule has 0 aliphatic carbocycles. The number of aryl methyl sites for hydroxylation is 1. The minimum absolute atomic E-state index is 0.0170. The fraction of sp³-hybridized carbons (Fsp3) is 0.292. The minimum Gasteiger partial charge on any atom is -0.481 e. The van der Waals surface area contributed by atoms with E-state index in [1.165, 1.54) is 5.56 Å². The summed E-state index contributed by atoms with van der Waals surface area (Å²) < 4.78 is 7.53. The maximum atomic E-state index is 12.9. The molecule has 1 amide bonds. The molecule has 1 aliphatic heterocycles. The van der Waals surface area contributed by atoms with Gasteiger partial charge in [-0.1, -0.05) is 41.1 Å². The number of hydrogen-bond donors (Lipinski definition) is 0. The zero-order chi connectivity index (χ0) is 22.8. The van der Waals surface area contributed by atoms with Gasteiger partial charge in [-0.3, -0.25) is 4.79 Å². The van der Waals surface area contributed by atoms with Crippen LogP contribution in [0.25, 0.3) is 16.9 Å². The molecule has 0 radical (unpaired) electrons. The Labute approximate surface area is 191 Å². The van der Waals surface area contributed by atoms with Crippen molar-refractivity contribution in [2.24, 2.45) is 0 Å². The van der Waals surface area contributed by atoms with Gasteiger partial charge in [0.05, 0.1) is 5.69 Å². The number of hydrogen-bond acceptors (Lipinski definition) is 7. The van der Waals surface area contributed by atoms with Gasteiger partial charge in [0.2, 0.25) is 0 Å². The van der Waals surface area contributed by atoms with Crippen molar-refractivity contribution in [3.05, 3.63) is 66.5 Å². The number of ether oxygens (including phenoxy) is 1. The molecule has 9 nitrogen and oxygen atoms in total. The molecule has 1 fully saturated rings. The third-order valence-corrected chi connectivity index (χ3v) is 5.79. The van der Waals surface area contributed by atoms with E-state index in [1.807, 2.05) is 66.4 Å². The predicted octanol–water partition coefficient (Wildman–Crippen LogP) is 2.64. The monoisotopic (exact) mass is 443 g/mol. The van der Waals surface area contributed by atoms with Crippen molar-refractivity contribution in [1.82, 2.24) is 29.9 Å². The molecule has 0 spiro atoms. The molecule has 5 rings (SSSR count). The zero-order valence-corrected chi connectivity index (χ0v) is 18.6. The largest absolute Gasteiger partial charge is 0.481 e. The maximum absolute atomic E-state index is 12.9. The predicted molar refractivity (Wildman–Crippen MR) is 125 cm³/mol. The van der Waals surface area contributed by atoms with E-state index >= 15 is 0 Å². The summed E-state index contributed by atoms with van der Waals surface area (Å²) in [6, 6.07) is 17.5. The number of amides is 1. The second-order valence-corrected chi connectivity index (χ2v) is 8.09. The molecule has 1 aliphatic rings. The molecule has 1 saturated heterocycles. The summed E-state index contributed by atoms with van der Waals surface area (Å²) in [5.74, 6) is 1.41. The van der Waals surface area contributed by atoms with Crippen molar-refractivity contribution in [3.8, 4) is 11.4 Å². The van der Waals surface area contributed by atoms with Crippen LogP contribution in [0.1, 0.15) is 12.5 Å². The molecule has 0 bridgehead atoms. The number of piperazine rings is 1. The third-order valence-electron chi connectivity index (χ3n) is 5.79. The van der Waals surface area contributed by atoms with Gasteiger partial charge in [-0.05, 0) is 38.1 Å². The number of fused-ring (bicyclic) bond motifs is 1. The van der Waals surface area contributed by atoms with E-state index in [-0.39, 0.29) is 5.91 Å². The Balaban J connectivity index is 1.28. The van der Waals surface area contributed by atoms with Gasteiger partial charge in [0, 0.05) is 26.2 Å². The first-order valence-electron chi connectivity index (χ1n) is 11.0. The fourth-order valence-corrected chi connectivity index (χ4v) is 3.98.